The molecule has 2 heterocycles. The molecule has 5 nitrogen and oxygen atoms in total. The van der Waals surface area contributed by atoms with E-state index in [1.165, 1.54) is 0 Å². The van der Waals surface area contributed by atoms with Crippen molar-refractivity contribution in [1.82, 2.24) is 4.98 Å². The molecule has 0 bridgehead atoms. The molecule has 0 amide bonds. The van der Waals surface area contributed by atoms with Crippen LogP contribution in [0.1, 0.15) is 19.8 Å². The van der Waals surface area contributed by atoms with Gasteiger partial charge in [-0.2, -0.15) is 0 Å². The summed E-state index contributed by atoms with van der Waals surface area (Å²) in [6.45, 7) is 3.67. The van der Waals surface area contributed by atoms with E-state index in [9.17, 15) is 5.11 Å². The van der Waals surface area contributed by atoms with Gasteiger partial charge in [-0.25, -0.2) is 0 Å². The highest BCUT2D eigenvalue weighted by atomic mass is 16.5. The summed E-state index contributed by atoms with van der Waals surface area (Å²) in [7, 11) is 1.73. The number of nitrogens with zero attached hydrogens (tertiary/aromatic N) is 2. The third-order valence-corrected chi connectivity index (χ3v) is 4.40. The second kappa shape index (κ2) is 7.15. The van der Waals surface area contributed by atoms with Crippen molar-refractivity contribution in [2.45, 2.75) is 31.9 Å². The summed E-state index contributed by atoms with van der Waals surface area (Å²) in [6, 6.07) is 8.10. The lowest BCUT2D eigenvalue weighted by Crippen LogP contribution is -2.32. The highest BCUT2D eigenvalue weighted by Gasteiger charge is 2.32. The van der Waals surface area contributed by atoms with Gasteiger partial charge in [0.25, 0.3) is 0 Å². The van der Waals surface area contributed by atoms with Crippen LogP contribution in [0.3, 0.4) is 0 Å². The largest absolute Gasteiger partial charge is 0.491 e. The third kappa shape index (κ3) is 3.12. The van der Waals surface area contributed by atoms with Crippen molar-refractivity contribution in [3.8, 4) is 5.75 Å². The lowest BCUT2D eigenvalue weighted by Gasteiger charge is -2.26. The highest BCUT2D eigenvalue weighted by Crippen LogP contribution is 2.35. The van der Waals surface area contributed by atoms with Crippen molar-refractivity contribution in [3.63, 3.8) is 0 Å². The van der Waals surface area contributed by atoms with Crippen LogP contribution in [-0.2, 0) is 4.74 Å². The molecule has 2 aromatic rings. The molecule has 1 aromatic carbocycles. The van der Waals surface area contributed by atoms with Crippen molar-refractivity contribution in [3.05, 3.63) is 30.5 Å². The van der Waals surface area contributed by atoms with Gasteiger partial charge in [0.2, 0.25) is 0 Å². The first-order chi connectivity index (χ1) is 11.3. The highest BCUT2D eigenvalue weighted by molar-refractivity contribution is 5.95. The average Bonchev–Trinajstić information content (AvgIpc) is 3.02. The Kier molecular flexibility index (Phi) is 4.98. The molecule has 0 saturated carbocycles. The molecule has 1 aromatic heterocycles. The predicted octanol–water partition coefficient (Wildman–Crippen LogP) is 2.61. The van der Waals surface area contributed by atoms with Crippen LogP contribution < -0.4 is 9.64 Å². The summed E-state index contributed by atoms with van der Waals surface area (Å²) < 4.78 is 11.3. The Morgan fingerprint density at radius 3 is 2.96 bits per heavy atom. The Morgan fingerprint density at radius 2 is 2.22 bits per heavy atom. The molecule has 0 aliphatic carbocycles. The molecule has 1 saturated heterocycles. The monoisotopic (exact) mass is 316 g/mol. The molecule has 124 valence electrons. The fourth-order valence-electron chi connectivity index (χ4n) is 3.23. The number of hydrogen-bond acceptors (Lipinski definition) is 5. The summed E-state index contributed by atoms with van der Waals surface area (Å²) in [6.07, 6.45) is 3.76. The molecule has 1 aliphatic rings. The number of methoxy groups -OCH3 is 1. The van der Waals surface area contributed by atoms with E-state index in [-0.39, 0.29) is 18.8 Å². The Labute approximate surface area is 136 Å². The number of fused-ring (bicyclic) bond motifs is 1. The van der Waals surface area contributed by atoms with E-state index >= 15 is 0 Å². The van der Waals surface area contributed by atoms with E-state index in [0.29, 0.717) is 6.61 Å². The zero-order valence-electron chi connectivity index (χ0n) is 13.7. The van der Waals surface area contributed by atoms with Gasteiger partial charge in [0.05, 0.1) is 25.4 Å². The maximum atomic E-state index is 9.72. The van der Waals surface area contributed by atoms with Gasteiger partial charge >= 0.3 is 0 Å². The zero-order valence-corrected chi connectivity index (χ0v) is 13.7. The van der Waals surface area contributed by atoms with Crippen molar-refractivity contribution >= 4 is 16.6 Å². The summed E-state index contributed by atoms with van der Waals surface area (Å²) in [5.41, 5.74) is 1.95. The fraction of sp³-hybridized carbons (Fsp3) is 0.500. The molecule has 1 aliphatic heterocycles. The average molecular weight is 316 g/mol. The van der Waals surface area contributed by atoms with Crippen LogP contribution in [0.15, 0.2) is 30.5 Å². The van der Waals surface area contributed by atoms with Gasteiger partial charge < -0.3 is 19.5 Å². The number of aliphatic hydroxyl groups is 1. The minimum atomic E-state index is 0.0748. The summed E-state index contributed by atoms with van der Waals surface area (Å²) in [4.78, 5) is 6.73. The second-order valence-electron chi connectivity index (χ2n) is 5.91. The molecular weight excluding hydrogens is 292 g/mol. The smallest absolute Gasteiger partial charge is 0.145 e. The Hall–Kier alpha value is -1.85. The first kappa shape index (κ1) is 16.0. The Balaban J connectivity index is 2.01. The summed E-state index contributed by atoms with van der Waals surface area (Å²) in [5, 5.41) is 10.8. The van der Waals surface area contributed by atoms with Gasteiger partial charge in [-0.05, 0) is 25.0 Å². The van der Waals surface area contributed by atoms with Gasteiger partial charge in [0, 0.05) is 30.9 Å². The van der Waals surface area contributed by atoms with Crippen LogP contribution in [0, 0.1) is 0 Å². The van der Waals surface area contributed by atoms with Crippen LogP contribution >= 0.6 is 0 Å². The van der Waals surface area contributed by atoms with E-state index in [0.717, 1.165) is 41.7 Å². The first-order valence-corrected chi connectivity index (χ1v) is 8.19. The number of hydrogen-bond donors (Lipinski definition) is 1. The van der Waals surface area contributed by atoms with Gasteiger partial charge in [-0.1, -0.05) is 19.1 Å². The van der Waals surface area contributed by atoms with Crippen molar-refractivity contribution in [1.29, 1.82) is 0 Å². The van der Waals surface area contributed by atoms with Crippen LogP contribution in [-0.4, -0.2) is 49.1 Å². The molecule has 0 spiro atoms. The molecule has 23 heavy (non-hydrogen) atoms. The molecule has 1 N–H and O–H groups in total. The van der Waals surface area contributed by atoms with Crippen LogP contribution in [0.4, 0.5) is 5.69 Å². The summed E-state index contributed by atoms with van der Waals surface area (Å²) in [5.74, 6) is 0.814. The fourth-order valence-corrected chi connectivity index (χ4v) is 3.23. The maximum Gasteiger partial charge on any atom is 0.145 e. The predicted molar refractivity (Wildman–Crippen MR) is 91.2 cm³/mol. The van der Waals surface area contributed by atoms with E-state index in [2.05, 4.69) is 22.9 Å². The van der Waals surface area contributed by atoms with E-state index in [1.54, 1.807) is 7.11 Å². The third-order valence-electron chi connectivity index (χ3n) is 4.40. The van der Waals surface area contributed by atoms with Crippen molar-refractivity contribution in [2.75, 3.05) is 31.8 Å². The SMILES string of the molecule is CCCOc1cccc2c(N3C[C@@H](OC)C[C@H]3CO)ccnc12. The quantitative estimate of drug-likeness (QED) is 0.888. The lowest BCUT2D eigenvalue weighted by atomic mass is 10.1. The van der Waals surface area contributed by atoms with E-state index < -0.39 is 0 Å². The molecule has 1 fully saturated rings. The Bertz CT molecular complexity index is 662. The molecule has 3 rings (SSSR count). The van der Waals surface area contributed by atoms with Gasteiger partial charge in [-0.15, -0.1) is 0 Å². The van der Waals surface area contributed by atoms with Crippen LogP contribution in [0.5, 0.6) is 5.75 Å². The number of ether oxygens (including phenoxy) is 2. The topological polar surface area (TPSA) is 54.8 Å². The van der Waals surface area contributed by atoms with Crippen molar-refractivity contribution < 1.29 is 14.6 Å². The first-order valence-electron chi connectivity index (χ1n) is 8.19. The number of para-hydroxylation sites is 1. The number of pyridine rings is 1. The van der Waals surface area contributed by atoms with Crippen molar-refractivity contribution in [2.24, 2.45) is 0 Å². The summed E-state index contributed by atoms with van der Waals surface area (Å²) >= 11 is 0. The number of anilines is 1. The van der Waals surface area contributed by atoms with Gasteiger partial charge in [-0.3, -0.25) is 4.98 Å². The molecule has 5 heteroatoms. The lowest BCUT2D eigenvalue weighted by molar-refractivity contribution is 0.115. The zero-order chi connectivity index (χ0) is 16.2. The van der Waals surface area contributed by atoms with Gasteiger partial charge in [0.1, 0.15) is 11.3 Å². The Morgan fingerprint density at radius 1 is 1.35 bits per heavy atom. The normalized spacial score (nSPS) is 21.1. The number of aliphatic hydroxyl groups excluding tert-OH is 1. The molecule has 2 atom stereocenters. The number of aromatic nitrogens is 1. The number of benzene rings is 1. The van der Waals surface area contributed by atoms with Crippen LogP contribution in [0.2, 0.25) is 0 Å². The van der Waals surface area contributed by atoms with Gasteiger partial charge in [0.15, 0.2) is 0 Å². The number of rotatable bonds is 6. The minimum absolute atomic E-state index is 0.0748. The minimum Gasteiger partial charge on any atom is -0.491 e. The van der Waals surface area contributed by atoms with Crippen LogP contribution in [0.25, 0.3) is 10.9 Å². The molecule has 0 radical (unpaired) electrons. The molecular formula is C18H24N2O3. The van der Waals surface area contributed by atoms with E-state index in [4.69, 9.17) is 9.47 Å². The maximum absolute atomic E-state index is 9.72. The standard InChI is InChI=1S/C18H24N2O3/c1-3-9-23-17-6-4-5-15-16(7-8-19-18(15)17)20-11-14(22-2)10-13(20)12-21/h4-8,13-14,21H,3,9-12H2,1-2H3/t13-,14-/m0/s1. The molecule has 0 unspecified atom stereocenters. The second-order valence-corrected chi connectivity index (χ2v) is 5.91. The van der Waals surface area contributed by atoms with E-state index in [1.807, 2.05) is 24.4 Å².